The van der Waals surface area contributed by atoms with Crippen molar-refractivity contribution < 1.29 is 18.3 Å². The van der Waals surface area contributed by atoms with Gasteiger partial charge in [-0.05, 0) is 30.9 Å². The third kappa shape index (κ3) is 3.94. The van der Waals surface area contributed by atoms with Crippen molar-refractivity contribution in [3.63, 3.8) is 0 Å². The largest absolute Gasteiger partial charge is 0.477 e. The monoisotopic (exact) mass is 312 g/mol. The molecule has 1 unspecified atom stereocenters. The maximum atomic E-state index is 13.7. The van der Waals surface area contributed by atoms with E-state index >= 15 is 0 Å². The van der Waals surface area contributed by atoms with Crippen LogP contribution in [-0.4, -0.2) is 36.0 Å². The molecule has 0 spiro atoms. The summed E-state index contributed by atoms with van der Waals surface area (Å²) in [5.41, 5.74) is 5.84. The summed E-state index contributed by atoms with van der Waals surface area (Å²) in [6, 6.07) is 3.19. The first kappa shape index (κ1) is 16.7. The molecule has 1 fully saturated rings. The summed E-state index contributed by atoms with van der Waals surface area (Å²) in [7, 11) is 0. The number of rotatable bonds is 4. The first-order valence-electron chi connectivity index (χ1n) is 7.54. The normalized spacial score (nSPS) is 17.6. The molecule has 0 aromatic heterocycles. The molecule has 1 aliphatic rings. The van der Waals surface area contributed by atoms with Gasteiger partial charge in [-0.15, -0.1) is 0 Å². The van der Waals surface area contributed by atoms with E-state index in [0.29, 0.717) is 13.1 Å². The number of benzene rings is 1. The molecule has 1 aliphatic heterocycles. The van der Waals surface area contributed by atoms with E-state index in [-0.39, 0.29) is 23.6 Å². The molecule has 0 saturated carbocycles. The van der Waals surface area contributed by atoms with Gasteiger partial charge in [-0.25, -0.2) is 8.78 Å². The summed E-state index contributed by atoms with van der Waals surface area (Å²) in [6.45, 7) is 4.83. The zero-order valence-corrected chi connectivity index (χ0v) is 12.9. The lowest BCUT2D eigenvalue weighted by molar-refractivity contribution is -0.141. The number of nitrogens with two attached hydrogens (primary N) is 1. The van der Waals surface area contributed by atoms with E-state index in [1.807, 2.05) is 13.8 Å². The maximum absolute atomic E-state index is 13.7. The Morgan fingerprint density at radius 2 is 1.95 bits per heavy atom. The Balaban J connectivity index is 2.10. The smallest absolute Gasteiger partial charge is 0.263 e. The molecule has 2 rings (SSSR count). The highest BCUT2D eigenvalue weighted by molar-refractivity contribution is 5.81. The van der Waals surface area contributed by atoms with Gasteiger partial charge in [-0.2, -0.15) is 0 Å². The van der Waals surface area contributed by atoms with Gasteiger partial charge in [0.15, 0.2) is 17.7 Å². The molecule has 4 nitrogen and oxygen atoms in total. The Kier molecular flexibility index (Phi) is 5.34. The fourth-order valence-electron chi connectivity index (χ4n) is 2.48. The molecule has 1 amide bonds. The van der Waals surface area contributed by atoms with Crippen molar-refractivity contribution in [2.75, 3.05) is 13.1 Å². The first-order valence-corrected chi connectivity index (χ1v) is 7.54. The average Bonchev–Trinajstić information content (AvgIpc) is 2.46. The molecule has 1 heterocycles. The molecule has 6 heteroatoms. The van der Waals surface area contributed by atoms with Gasteiger partial charge < -0.3 is 15.4 Å². The summed E-state index contributed by atoms with van der Waals surface area (Å²) in [5.74, 6) is -1.90. The van der Waals surface area contributed by atoms with Crippen LogP contribution in [0.15, 0.2) is 18.2 Å². The van der Waals surface area contributed by atoms with Crippen LogP contribution in [0.2, 0.25) is 0 Å². The number of nitrogens with zero attached hydrogens (tertiary/aromatic N) is 1. The van der Waals surface area contributed by atoms with Crippen LogP contribution in [0.25, 0.3) is 0 Å². The molecule has 0 radical (unpaired) electrons. The van der Waals surface area contributed by atoms with Gasteiger partial charge in [0.2, 0.25) is 0 Å². The van der Waals surface area contributed by atoms with Gasteiger partial charge in [0.1, 0.15) is 5.82 Å². The molecular formula is C16H22F2N2O2. The van der Waals surface area contributed by atoms with Crippen LogP contribution in [0, 0.1) is 17.6 Å². The molecule has 122 valence electrons. The predicted molar refractivity (Wildman–Crippen MR) is 79.4 cm³/mol. The Morgan fingerprint density at radius 1 is 1.32 bits per heavy atom. The highest BCUT2D eigenvalue weighted by Crippen LogP contribution is 2.23. The van der Waals surface area contributed by atoms with Gasteiger partial charge in [-0.1, -0.05) is 13.8 Å². The number of carbonyl (C=O) groups excluding carboxylic acids is 1. The lowest BCUT2D eigenvalue weighted by Gasteiger charge is -2.34. The minimum atomic E-state index is -0.806. The fraction of sp³-hybridized carbons (Fsp3) is 0.562. The predicted octanol–water partition coefficient (Wildman–Crippen LogP) is 2.32. The summed E-state index contributed by atoms with van der Waals surface area (Å²) in [6.07, 6.45) is 0.706. The van der Waals surface area contributed by atoms with Gasteiger partial charge in [0.05, 0.1) is 0 Å². The highest BCUT2D eigenvalue weighted by atomic mass is 19.1. The SMILES string of the molecule is CC(C)C(Oc1ccc(F)cc1F)C(=O)N1CCC(N)CC1. The third-order valence-electron chi connectivity index (χ3n) is 3.85. The molecule has 1 aromatic carbocycles. The lowest BCUT2D eigenvalue weighted by atomic mass is 10.0. The van der Waals surface area contributed by atoms with Gasteiger partial charge in [-0.3, -0.25) is 4.79 Å². The number of halogens is 2. The van der Waals surface area contributed by atoms with E-state index in [1.165, 1.54) is 6.07 Å². The van der Waals surface area contributed by atoms with Crippen molar-refractivity contribution >= 4 is 5.91 Å². The highest BCUT2D eigenvalue weighted by Gasteiger charge is 2.31. The van der Waals surface area contributed by atoms with E-state index < -0.39 is 17.7 Å². The molecule has 0 aliphatic carbocycles. The van der Waals surface area contributed by atoms with E-state index in [9.17, 15) is 13.6 Å². The van der Waals surface area contributed by atoms with Crippen molar-refractivity contribution in [2.45, 2.75) is 38.8 Å². The summed E-state index contributed by atoms with van der Waals surface area (Å²) >= 11 is 0. The summed E-state index contributed by atoms with van der Waals surface area (Å²) in [5, 5.41) is 0. The van der Waals surface area contributed by atoms with Crippen molar-refractivity contribution in [3.05, 3.63) is 29.8 Å². The van der Waals surface area contributed by atoms with Crippen molar-refractivity contribution in [1.29, 1.82) is 0 Å². The van der Waals surface area contributed by atoms with Gasteiger partial charge >= 0.3 is 0 Å². The molecule has 1 atom stereocenters. The summed E-state index contributed by atoms with van der Waals surface area (Å²) in [4.78, 5) is 14.3. The second kappa shape index (κ2) is 7.05. The molecule has 1 aromatic rings. The van der Waals surface area contributed by atoms with E-state index in [2.05, 4.69) is 0 Å². The topological polar surface area (TPSA) is 55.6 Å². The third-order valence-corrected chi connectivity index (χ3v) is 3.85. The number of piperidine rings is 1. The van der Waals surface area contributed by atoms with E-state index in [0.717, 1.165) is 25.0 Å². The van der Waals surface area contributed by atoms with Crippen LogP contribution in [-0.2, 0) is 4.79 Å². The Morgan fingerprint density at radius 3 is 2.50 bits per heavy atom. The molecule has 22 heavy (non-hydrogen) atoms. The van der Waals surface area contributed by atoms with Crippen LogP contribution in [0.1, 0.15) is 26.7 Å². The van der Waals surface area contributed by atoms with Crippen LogP contribution in [0.3, 0.4) is 0 Å². The van der Waals surface area contributed by atoms with Crippen molar-refractivity contribution in [2.24, 2.45) is 11.7 Å². The molecule has 2 N–H and O–H groups in total. The molecule has 0 bridgehead atoms. The number of ether oxygens (including phenoxy) is 1. The minimum Gasteiger partial charge on any atom is -0.477 e. The first-order chi connectivity index (χ1) is 10.4. The Labute approximate surface area is 129 Å². The maximum Gasteiger partial charge on any atom is 0.263 e. The lowest BCUT2D eigenvalue weighted by Crippen LogP contribution is -2.49. The van der Waals surface area contributed by atoms with Crippen LogP contribution < -0.4 is 10.5 Å². The van der Waals surface area contributed by atoms with Crippen LogP contribution in [0.4, 0.5) is 8.78 Å². The number of carbonyl (C=O) groups is 1. The van der Waals surface area contributed by atoms with Crippen molar-refractivity contribution in [3.8, 4) is 5.75 Å². The van der Waals surface area contributed by atoms with E-state index in [1.54, 1.807) is 4.90 Å². The molecule has 1 saturated heterocycles. The van der Waals surface area contributed by atoms with Gasteiger partial charge in [0.25, 0.3) is 5.91 Å². The number of amides is 1. The zero-order chi connectivity index (χ0) is 16.3. The quantitative estimate of drug-likeness (QED) is 0.928. The van der Waals surface area contributed by atoms with E-state index in [4.69, 9.17) is 10.5 Å². The van der Waals surface area contributed by atoms with Crippen LogP contribution in [0.5, 0.6) is 5.75 Å². The standard InChI is InChI=1S/C16H22F2N2O2/c1-10(2)15(16(21)20-7-5-12(19)6-8-20)22-14-4-3-11(17)9-13(14)18/h3-4,9-10,12,15H,5-8,19H2,1-2H3. The van der Waals surface area contributed by atoms with Gasteiger partial charge in [0, 0.05) is 25.2 Å². The fourth-order valence-corrected chi connectivity index (χ4v) is 2.48. The number of likely N-dealkylation sites (tertiary alicyclic amines) is 1. The van der Waals surface area contributed by atoms with Crippen molar-refractivity contribution in [1.82, 2.24) is 4.90 Å². The molecular weight excluding hydrogens is 290 g/mol. The zero-order valence-electron chi connectivity index (χ0n) is 12.9. The minimum absolute atomic E-state index is 0.109. The second-order valence-corrected chi connectivity index (χ2v) is 6.02. The second-order valence-electron chi connectivity index (χ2n) is 6.02. The Bertz CT molecular complexity index is 529. The average molecular weight is 312 g/mol. The number of hydrogen-bond donors (Lipinski definition) is 1. The summed E-state index contributed by atoms with van der Waals surface area (Å²) < 4.78 is 32.2. The Hall–Kier alpha value is -1.69. The number of hydrogen-bond acceptors (Lipinski definition) is 3. The van der Waals surface area contributed by atoms with Crippen LogP contribution >= 0.6 is 0 Å².